The smallest absolute Gasteiger partial charge is 0.409 e. The molecule has 37 heavy (non-hydrogen) atoms. The van der Waals surface area contributed by atoms with Crippen LogP contribution >= 0.6 is 15.6 Å². The van der Waals surface area contributed by atoms with Gasteiger partial charge in [0.1, 0.15) is 5.69 Å². The summed E-state index contributed by atoms with van der Waals surface area (Å²) in [4.78, 5) is 72.5. The molecular weight excluding hydrogens is 533 g/mol. The van der Waals surface area contributed by atoms with Crippen LogP contribution in [0.2, 0.25) is 0 Å². The zero-order chi connectivity index (χ0) is 27.3. The molecule has 1 fully saturated rings. The summed E-state index contributed by atoms with van der Waals surface area (Å²) >= 11 is 0. The van der Waals surface area contributed by atoms with Gasteiger partial charge >= 0.3 is 14.7 Å². The lowest BCUT2D eigenvalue weighted by Gasteiger charge is -2.27. The molecular formula is C18H31BN6O10P2. The lowest BCUT2D eigenvalue weighted by atomic mass is 9.90. The monoisotopic (exact) mass is 564 g/mol. The van der Waals surface area contributed by atoms with E-state index in [1.54, 1.807) is 0 Å². The lowest BCUT2D eigenvalue weighted by Crippen LogP contribution is -2.46. The van der Waals surface area contributed by atoms with Gasteiger partial charge in [-0.1, -0.05) is 0 Å². The maximum atomic E-state index is 12.0. The van der Waals surface area contributed by atoms with Crippen molar-refractivity contribution < 1.29 is 47.5 Å². The third-order valence-electron chi connectivity index (χ3n) is 5.09. The summed E-state index contributed by atoms with van der Waals surface area (Å²) < 4.78 is 33.5. The first-order chi connectivity index (χ1) is 17.6. The summed E-state index contributed by atoms with van der Waals surface area (Å²) in [5, 5.41) is 7.00. The fourth-order valence-corrected chi connectivity index (χ4v) is 4.94. The molecule has 19 heteroatoms. The summed E-state index contributed by atoms with van der Waals surface area (Å²) in [6.07, 6.45) is 5.15. The van der Waals surface area contributed by atoms with Crippen molar-refractivity contribution in [2.24, 2.45) is 0 Å². The summed E-state index contributed by atoms with van der Waals surface area (Å²) in [5.74, 6) is -1.65. The fourth-order valence-electron chi connectivity index (χ4n) is 3.19. The number of carbonyl (C=O) groups excluding carboxylic acids is 3. The first kappa shape index (κ1) is 31.0. The van der Waals surface area contributed by atoms with E-state index >= 15 is 0 Å². The minimum atomic E-state index is -4.92. The zero-order valence-electron chi connectivity index (χ0n) is 19.9. The molecule has 1 aromatic rings. The molecule has 1 aromatic heterocycles. The van der Waals surface area contributed by atoms with E-state index in [1.807, 2.05) is 5.32 Å². The van der Waals surface area contributed by atoms with E-state index in [-0.39, 0.29) is 25.1 Å². The van der Waals surface area contributed by atoms with Crippen molar-refractivity contribution >= 4 is 40.5 Å². The van der Waals surface area contributed by atoms with Crippen molar-refractivity contribution in [1.29, 1.82) is 0 Å². The molecule has 16 nitrogen and oxygen atoms in total. The maximum Gasteiger partial charge on any atom is 0.477 e. The Labute approximate surface area is 214 Å². The number of rotatable bonds is 13. The molecule has 1 aliphatic heterocycles. The molecule has 1 saturated heterocycles. The van der Waals surface area contributed by atoms with Crippen LogP contribution in [0.25, 0.3) is 0 Å². The Hall–Kier alpha value is -2.23. The van der Waals surface area contributed by atoms with Crippen molar-refractivity contribution in [3.63, 3.8) is 0 Å². The highest BCUT2D eigenvalue weighted by molar-refractivity contribution is 7.65. The number of nitrogens with one attached hydrogen (secondary N) is 3. The highest BCUT2D eigenvalue weighted by Crippen LogP contribution is 2.49. The van der Waals surface area contributed by atoms with Gasteiger partial charge in [-0.05, 0) is 19.4 Å². The first-order valence-electron chi connectivity index (χ1n) is 11.4. The quantitative estimate of drug-likeness (QED) is 0.0859. The van der Waals surface area contributed by atoms with Crippen LogP contribution in [0.15, 0.2) is 18.6 Å². The maximum absolute atomic E-state index is 12.0. The largest absolute Gasteiger partial charge is 0.477 e. The molecule has 2 heterocycles. The first-order valence-corrected chi connectivity index (χ1v) is 14.5. The van der Waals surface area contributed by atoms with E-state index in [9.17, 15) is 23.5 Å². The molecule has 0 radical (unpaired) electrons. The second-order valence-electron chi connectivity index (χ2n) is 7.94. The Bertz CT molecular complexity index is 962. The Morgan fingerprint density at radius 2 is 1.84 bits per heavy atom. The Balaban J connectivity index is 1.58. The number of hydrogen-bond donors (Lipinski definition) is 6. The van der Waals surface area contributed by atoms with Gasteiger partial charge in [0.15, 0.2) is 0 Å². The minimum absolute atomic E-state index is 0.0482. The predicted molar refractivity (Wildman–Crippen MR) is 131 cm³/mol. The van der Waals surface area contributed by atoms with Crippen LogP contribution in [0.3, 0.4) is 0 Å². The molecule has 0 saturated carbocycles. The van der Waals surface area contributed by atoms with Crippen LogP contribution in [-0.2, 0) is 28.0 Å². The van der Waals surface area contributed by atoms with Crippen molar-refractivity contribution in [2.45, 2.75) is 24.8 Å². The molecule has 2 rings (SSSR count). The van der Waals surface area contributed by atoms with Crippen molar-refractivity contribution in [3.8, 4) is 0 Å². The molecule has 2 atom stereocenters. The Kier molecular flexibility index (Phi) is 13.3. The number of unbranched alkanes of at least 4 members (excludes halogenated alkanes) is 1. The molecule has 0 aromatic carbocycles. The summed E-state index contributed by atoms with van der Waals surface area (Å²) in [6, 6.07) is 0. The SMILES string of the molecule is O=C(CNC(=O)c1cnccn1)NCB1OCCN(CCCCC(=O)NC([PH](=O)O)P(=O)(O)O)CCO1. The third-order valence-corrected chi connectivity index (χ3v) is 8.18. The molecule has 1 aliphatic rings. The summed E-state index contributed by atoms with van der Waals surface area (Å²) in [5.41, 5.74) is -1.97. The lowest BCUT2D eigenvalue weighted by molar-refractivity contribution is -0.121. The van der Waals surface area contributed by atoms with Crippen molar-refractivity contribution in [2.75, 3.05) is 45.8 Å². The second-order valence-corrected chi connectivity index (χ2v) is 11.4. The van der Waals surface area contributed by atoms with Gasteiger partial charge in [0.05, 0.1) is 19.2 Å². The van der Waals surface area contributed by atoms with Gasteiger partial charge < -0.3 is 39.9 Å². The van der Waals surface area contributed by atoms with Gasteiger partial charge in [-0.3, -0.25) is 33.4 Å². The van der Waals surface area contributed by atoms with Gasteiger partial charge in [-0.2, -0.15) is 0 Å². The molecule has 0 spiro atoms. The number of hydrogen-bond acceptors (Lipinski definition) is 10. The van der Waals surface area contributed by atoms with E-state index in [1.165, 1.54) is 18.6 Å². The van der Waals surface area contributed by atoms with E-state index in [2.05, 4.69) is 25.5 Å². The molecule has 2 unspecified atom stereocenters. The average molecular weight is 564 g/mol. The molecule has 206 valence electrons. The van der Waals surface area contributed by atoms with Gasteiger partial charge in [0.25, 0.3) is 5.91 Å². The van der Waals surface area contributed by atoms with Crippen LogP contribution in [-0.4, -0.2) is 106 Å². The third kappa shape index (κ3) is 12.2. The van der Waals surface area contributed by atoms with Crippen LogP contribution in [0.4, 0.5) is 0 Å². The highest BCUT2D eigenvalue weighted by Gasteiger charge is 2.34. The van der Waals surface area contributed by atoms with Crippen molar-refractivity contribution in [3.05, 3.63) is 24.3 Å². The summed E-state index contributed by atoms with van der Waals surface area (Å²) in [7, 11) is -9.20. The Morgan fingerprint density at radius 1 is 1.14 bits per heavy atom. The molecule has 3 amide bonds. The van der Waals surface area contributed by atoms with E-state index < -0.39 is 46.0 Å². The summed E-state index contributed by atoms with van der Waals surface area (Å²) in [6.45, 7) is 2.21. The van der Waals surface area contributed by atoms with Crippen LogP contribution in [0.1, 0.15) is 29.8 Å². The molecule has 6 N–H and O–H groups in total. The van der Waals surface area contributed by atoms with E-state index in [0.29, 0.717) is 45.7 Å². The highest BCUT2D eigenvalue weighted by atomic mass is 31.2. The minimum Gasteiger partial charge on any atom is -0.409 e. The van der Waals surface area contributed by atoms with Gasteiger partial charge in [0, 0.05) is 45.1 Å². The van der Waals surface area contributed by atoms with E-state index in [0.717, 1.165) is 0 Å². The normalized spacial score (nSPS) is 16.7. The van der Waals surface area contributed by atoms with Crippen LogP contribution in [0, 0.1) is 0 Å². The second kappa shape index (κ2) is 15.9. The standard InChI is InChI=1S/C18H31BN6O10P2/c26-15(24-18(36(29)30)37(31,32)33)3-1-2-6-25-7-9-34-19(35-10-8-25)13-23-16(27)12-22-17(28)14-11-20-4-5-21-14/h4-5,11,18,36H,1-3,6-10,12-13H2,(H,22,28)(H,23,27)(H,24,26)(H,29,30)(H2,31,32,33). The Morgan fingerprint density at radius 3 is 2.43 bits per heavy atom. The number of carbonyl (C=O) groups is 3. The predicted octanol–water partition coefficient (Wildman–Crippen LogP) is -2.09. The van der Waals surface area contributed by atoms with Gasteiger partial charge in [-0.15, -0.1) is 0 Å². The van der Waals surface area contributed by atoms with Crippen LogP contribution in [0.5, 0.6) is 0 Å². The van der Waals surface area contributed by atoms with Gasteiger partial charge in [0.2, 0.25) is 25.4 Å². The average Bonchev–Trinajstić information content (AvgIpc) is 2.83. The van der Waals surface area contributed by atoms with Crippen LogP contribution < -0.4 is 16.0 Å². The molecule has 0 aliphatic carbocycles. The van der Waals surface area contributed by atoms with Crippen molar-refractivity contribution in [1.82, 2.24) is 30.8 Å². The van der Waals surface area contributed by atoms with E-state index in [4.69, 9.17) is 24.0 Å². The zero-order valence-corrected chi connectivity index (χ0v) is 21.8. The van der Waals surface area contributed by atoms with Gasteiger partial charge in [-0.25, -0.2) is 4.98 Å². The number of nitrogens with zero attached hydrogens (tertiary/aromatic N) is 3. The topological polar surface area (TPSA) is 230 Å². The fraction of sp³-hybridized carbons (Fsp3) is 0.611. The molecule has 0 bridgehead atoms. The number of amides is 3. The number of aromatic nitrogens is 2.